The van der Waals surface area contributed by atoms with Crippen LogP contribution in [0.1, 0.15) is 342 Å². The Labute approximate surface area is 442 Å². The lowest BCUT2D eigenvalue weighted by molar-refractivity contribution is -0.167. The molecule has 1 atom stereocenters. The Hall–Kier alpha value is -2.37. The van der Waals surface area contributed by atoms with E-state index >= 15 is 0 Å². The molecule has 0 bridgehead atoms. The highest BCUT2D eigenvalue weighted by atomic mass is 16.6. The van der Waals surface area contributed by atoms with Gasteiger partial charge < -0.3 is 14.2 Å². The highest BCUT2D eigenvalue weighted by Crippen LogP contribution is 2.17. The van der Waals surface area contributed by atoms with Crippen LogP contribution in [0, 0.1) is 0 Å². The minimum absolute atomic E-state index is 0.0717. The summed E-state index contributed by atoms with van der Waals surface area (Å²) in [7, 11) is 0. The molecule has 6 nitrogen and oxygen atoms in total. The van der Waals surface area contributed by atoms with Crippen LogP contribution in [0.25, 0.3) is 0 Å². The maximum absolute atomic E-state index is 12.9. The Morgan fingerprint density at radius 3 is 0.789 bits per heavy atom. The van der Waals surface area contributed by atoms with Gasteiger partial charge in [-0.1, -0.05) is 282 Å². The summed E-state index contributed by atoms with van der Waals surface area (Å²) in [4.78, 5) is 38.3. The first-order valence-corrected chi connectivity index (χ1v) is 31.5. The predicted octanol–water partition coefficient (Wildman–Crippen LogP) is 21.2. The van der Waals surface area contributed by atoms with Crippen molar-refractivity contribution >= 4 is 17.9 Å². The van der Waals surface area contributed by atoms with E-state index in [4.69, 9.17) is 14.2 Å². The number of allylic oxidation sites excluding steroid dienone is 6. The van der Waals surface area contributed by atoms with E-state index in [2.05, 4.69) is 57.2 Å². The standard InChI is InChI=1S/C65H120O6/c1-4-7-10-13-16-19-22-25-28-30-31-32-33-34-35-36-38-40-43-46-49-52-55-58-64(67)70-61-62(60-69-63(66)57-54-51-48-45-42-39-27-24-21-18-15-12-9-6-3)71-65(68)59-56-53-50-47-44-41-37-29-26-23-20-17-14-11-8-5-2/h22,25,29-31,37,62H,4-21,23-24,26-28,32-36,38-61H2,1-3H3/b25-22-,31-30-,37-29-. The Balaban J connectivity index is 4.29. The van der Waals surface area contributed by atoms with Gasteiger partial charge in [0, 0.05) is 19.3 Å². The molecule has 0 saturated carbocycles. The number of hydrogen-bond acceptors (Lipinski definition) is 6. The minimum Gasteiger partial charge on any atom is -0.462 e. The van der Waals surface area contributed by atoms with E-state index in [0.717, 1.165) is 70.6 Å². The normalized spacial score (nSPS) is 12.2. The molecule has 0 aromatic heterocycles. The number of carbonyl (C=O) groups is 3. The molecule has 0 saturated heterocycles. The summed E-state index contributed by atoms with van der Waals surface area (Å²) in [6.45, 7) is 6.67. The molecular weight excluding hydrogens is 877 g/mol. The molecule has 0 heterocycles. The van der Waals surface area contributed by atoms with E-state index in [-0.39, 0.29) is 31.1 Å². The fraction of sp³-hybridized carbons (Fsp3) is 0.862. The molecule has 0 aliphatic carbocycles. The Morgan fingerprint density at radius 1 is 0.282 bits per heavy atom. The van der Waals surface area contributed by atoms with Crippen molar-refractivity contribution in [2.24, 2.45) is 0 Å². The van der Waals surface area contributed by atoms with Crippen molar-refractivity contribution in [1.29, 1.82) is 0 Å². The molecule has 0 N–H and O–H groups in total. The predicted molar refractivity (Wildman–Crippen MR) is 307 cm³/mol. The van der Waals surface area contributed by atoms with Gasteiger partial charge in [-0.25, -0.2) is 0 Å². The minimum atomic E-state index is -0.775. The van der Waals surface area contributed by atoms with Crippen LogP contribution < -0.4 is 0 Å². The Bertz CT molecular complexity index is 1190. The number of carbonyl (C=O) groups excluding carboxylic acids is 3. The molecule has 0 rings (SSSR count). The number of hydrogen-bond donors (Lipinski definition) is 0. The molecule has 0 aromatic rings. The molecule has 6 heteroatoms. The van der Waals surface area contributed by atoms with Gasteiger partial charge in [0.15, 0.2) is 6.10 Å². The second kappa shape index (κ2) is 60.2. The molecular formula is C65H120O6. The summed E-state index contributed by atoms with van der Waals surface area (Å²) >= 11 is 0. The van der Waals surface area contributed by atoms with Gasteiger partial charge in [-0.3, -0.25) is 14.4 Å². The van der Waals surface area contributed by atoms with Gasteiger partial charge in [0.25, 0.3) is 0 Å². The van der Waals surface area contributed by atoms with Crippen LogP contribution in [0.2, 0.25) is 0 Å². The van der Waals surface area contributed by atoms with Gasteiger partial charge in [0.05, 0.1) is 0 Å². The van der Waals surface area contributed by atoms with Gasteiger partial charge in [-0.2, -0.15) is 0 Å². The van der Waals surface area contributed by atoms with Crippen LogP contribution in [-0.2, 0) is 28.6 Å². The molecule has 0 amide bonds. The zero-order valence-corrected chi connectivity index (χ0v) is 47.8. The van der Waals surface area contributed by atoms with Gasteiger partial charge in [-0.15, -0.1) is 0 Å². The van der Waals surface area contributed by atoms with Crippen LogP contribution in [0.3, 0.4) is 0 Å². The lowest BCUT2D eigenvalue weighted by atomic mass is 10.0. The summed E-state index contributed by atoms with van der Waals surface area (Å²) in [5, 5.41) is 0. The third kappa shape index (κ3) is 58.4. The first-order valence-electron chi connectivity index (χ1n) is 31.5. The lowest BCUT2D eigenvalue weighted by Crippen LogP contribution is -2.30. The summed E-state index contributed by atoms with van der Waals surface area (Å²) in [6.07, 6.45) is 72.9. The van der Waals surface area contributed by atoms with Gasteiger partial charge in [0.2, 0.25) is 0 Å². The summed E-state index contributed by atoms with van der Waals surface area (Å²) in [6, 6.07) is 0. The number of ether oxygens (including phenoxy) is 3. The topological polar surface area (TPSA) is 78.9 Å². The molecule has 416 valence electrons. The first kappa shape index (κ1) is 68.6. The molecule has 0 aromatic carbocycles. The third-order valence-corrected chi connectivity index (χ3v) is 14.1. The van der Waals surface area contributed by atoms with Gasteiger partial charge >= 0.3 is 17.9 Å². The smallest absolute Gasteiger partial charge is 0.306 e. The summed E-state index contributed by atoms with van der Waals surface area (Å²) in [5.41, 5.74) is 0. The number of esters is 3. The average molecular weight is 998 g/mol. The van der Waals surface area contributed by atoms with Gasteiger partial charge in [0.1, 0.15) is 13.2 Å². The maximum Gasteiger partial charge on any atom is 0.306 e. The van der Waals surface area contributed by atoms with Gasteiger partial charge in [-0.05, 0) is 77.0 Å². The second-order valence-electron chi connectivity index (χ2n) is 21.3. The zero-order valence-electron chi connectivity index (χ0n) is 47.8. The molecule has 0 aliphatic rings. The molecule has 71 heavy (non-hydrogen) atoms. The lowest BCUT2D eigenvalue weighted by Gasteiger charge is -2.18. The van der Waals surface area contributed by atoms with E-state index in [1.807, 2.05) is 0 Å². The van der Waals surface area contributed by atoms with E-state index < -0.39 is 6.10 Å². The first-order chi connectivity index (χ1) is 35.0. The molecule has 0 fully saturated rings. The molecule has 0 spiro atoms. The van der Waals surface area contributed by atoms with Crippen LogP contribution in [-0.4, -0.2) is 37.2 Å². The van der Waals surface area contributed by atoms with E-state index in [1.165, 1.54) is 231 Å². The monoisotopic (exact) mass is 997 g/mol. The fourth-order valence-corrected chi connectivity index (χ4v) is 9.35. The Morgan fingerprint density at radius 2 is 0.507 bits per heavy atom. The highest BCUT2D eigenvalue weighted by molar-refractivity contribution is 5.71. The zero-order chi connectivity index (χ0) is 51.4. The number of unbranched alkanes of at least 4 members (excludes halogenated alkanes) is 41. The maximum atomic E-state index is 12.9. The molecule has 1 unspecified atom stereocenters. The quantitative estimate of drug-likeness (QED) is 0.0261. The van der Waals surface area contributed by atoms with E-state index in [1.54, 1.807) is 0 Å². The largest absolute Gasteiger partial charge is 0.462 e. The Kier molecular flexibility index (Phi) is 58.2. The van der Waals surface area contributed by atoms with E-state index in [0.29, 0.717) is 19.3 Å². The highest BCUT2D eigenvalue weighted by Gasteiger charge is 2.19. The molecule has 0 radical (unpaired) electrons. The van der Waals surface area contributed by atoms with Crippen molar-refractivity contribution in [3.05, 3.63) is 36.5 Å². The van der Waals surface area contributed by atoms with Crippen molar-refractivity contribution in [2.45, 2.75) is 348 Å². The van der Waals surface area contributed by atoms with Crippen LogP contribution in [0.4, 0.5) is 0 Å². The van der Waals surface area contributed by atoms with E-state index in [9.17, 15) is 14.4 Å². The van der Waals surface area contributed by atoms with Crippen LogP contribution >= 0.6 is 0 Å². The SMILES string of the molecule is CCCCCCC/C=C\C/C=C\CCCCCCCCCCCCCC(=O)OCC(COC(=O)CCCCCCCCCCCCCCCC)OC(=O)CCCCCCC/C=C\CCCCCCCCC. The summed E-state index contributed by atoms with van der Waals surface area (Å²) < 4.78 is 16.9. The second-order valence-corrected chi connectivity index (χ2v) is 21.3. The van der Waals surface area contributed by atoms with Crippen molar-refractivity contribution < 1.29 is 28.6 Å². The van der Waals surface area contributed by atoms with Crippen molar-refractivity contribution in [2.75, 3.05) is 13.2 Å². The van der Waals surface area contributed by atoms with Crippen molar-refractivity contribution in [3.63, 3.8) is 0 Å². The van der Waals surface area contributed by atoms with Crippen molar-refractivity contribution in [1.82, 2.24) is 0 Å². The summed E-state index contributed by atoms with van der Waals surface area (Å²) in [5.74, 6) is -0.860. The molecule has 0 aliphatic heterocycles. The van der Waals surface area contributed by atoms with Crippen LogP contribution in [0.15, 0.2) is 36.5 Å². The third-order valence-electron chi connectivity index (χ3n) is 14.1. The fourth-order valence-electron chi connectivity index (χ4n) is 9.35. The number of rotatable bonds is 58. The average Bonchev–Trinajstić information content (AvgIpc) is 3.37. The van der Waals surface area contributed by atoms with Crippen LogP contribution in [0.5, 0.6) is 0 Å². The van der Waals surface area contributed by atoms with Crippen molar-refractivity contribution in [3.8, 4) is 0 Å².